The number of hydrogen-bond acceptors (Lipinski definition) is 3. The summed E-state index contributed by atoms with van der Waals surface area (Å²) in [7, 11) is 0. The average molecular weight is 358 g/mol. The Balaban J connectivity index is 3.03. The maximum absolute atomic E-state index is 12.2. The molecule has 0 fully saturated rings. The largest absolute Gasteiger partial charge is 0.478 e. The van der Waals surface area contributed by atoms with Crippen LogP contribution in [-0.2, 0) is 4.79 Å². The fraction of sp³-hybridized carbons (Fsp3) is 0.308. The Morgan fingerprint density at radius 2 is 2.00 bits per heavy atom. The predicted octanol–water partition coefficient (Wildman–Crippen LogP) is 1.87. The van der Waals surface area contributed by atoms with E-state index in [9.17, 15) is 14.4 Å². The number of halogens is 1. The Bertz CT molecular complexity index is 575. The molecule has 0 aliphatic carbocycles. The highest BCUT2D eigenvalue weighted by Gasteiger charge is 2.21. The Kier molecular flexibility index (Phi) is 5.71. The average Bonchev–Trinajstić information content (AvgIpc) is 2.34. The first-order chi connectivity index (χ1) is 9.72. The molecule has 0 aliphatic heterocycles. The third-order valence-corrected chi connectivity index (χ3v) is 3.16. The standard InChI is InChI=1S/C13H16BrN3O4/c1-7(2)17(6-11(15)18)13(21)16-10-5-8(14)3-4-9(10)12(19)20/h3-5,7H,6H2,1-2H3,(H2,15,18)(H,16,21)(H,19,20). The molecular weight excluding hydrogens is 342 g/mol. The second kappa shape index (κ2) is 7.07. The minimum Gasteiger partial charge on any atom is -0.478 e. The highest BCUT2D eigenvalue weighted by atomic mass is 79.9. The summed E-state index contributed by atoms with van der Waals surface area (Å²) >= 11 is 3.21. The summed E-state index contributed by atoms with van der Waals surface area (Å²) in [6.45, 7) is 3.20. The lowest BCUT2D eigenvalue weighted by molar-refractivity contribution is -0.118. The monoisotopic (exact) mass is 357 g/mol. The zero-order valence-corrected chi connectivity index (χ0v) is 13.2. The zero-order valence-electron chi connectivity index (χ0n) is 11.6. The summed E-state index contributed by atoms with van der Waals surface area (Å²) in [5, 5.41) is 11.6. The molecule has 21 heavy (non-hydrogen) atoms. The first kappa shape index (κ1) is 17.0. The number of aromatic carboxylic acids is 1. The fourth-order valence-corrected chi connectivity index (χ4v) is 2.01. The maximum Gasteiger partial charge on any atom is 0.337 e. The van der Waals surface area contributed by atoms with Crippen LogP contribution < -0.4 is 11.1 Å². The molecule has 4 N–H and O–H groups in total. The van der Waals surface area contributed by atoms with Gasteiger partial charge in [-0.05, 0) is 32.0 Å². The van der Waals surface area contributed by atoms with Crippen LogP contribution in [0.15, 0.2) is 22.7 Å². The van der Waals surface area contributed by atoms with E-state index in [1.165, 1.54) is 17.0 Å². The van der Waals surface area contributed by atoms with Crippen molar-refractivity contribution < 1.29 is 19.5 Å². The van der Waals surface area contributed by atoms with Crippen molar-refractivity contribution in [2.24, 2.45) is 5.73 Å². The maximum atomic E-state index is 12.2. The van der Waals surface area contributed by atoms with E-state index >= 15 is 0 Å². The van der Waals surface area contributed by atoms with E-state index in [-0.39, 0.29) is 23.8 Å². The number of nitrogens with one attached hydrogen (secondary N) is 1. The number of anilines is 1. The molecule has 0 aromatic heterocycles. The number of carbonyl (C=O) groups excluding carboxylic acids is 2. The third kappa shape index (κ3) is 4.75. The van der Waals surface area contributed by atoms with Crippen molar-refractivity contribution in [2.45, 2.75) is 19.9 Å². The van der Waals surface area contributed by atoms with Crippen molar-refractivity contribution in [2.75, 3.05) is 11.9 Å². The quantitative estimate of drug-likeness (QED) is 0.746. The Labute approximate surface area is 130 Å². The summed E-state index contributed by atoms with van der Waals surface area (Å²) in [5.41, 5.74) is 5.19. The number of carboxylic acid groups (broad SMARTS) is 1. The molecule has 0 aliphatic rings. The van der Waals surface area contributed by atoms with Crippen LogP contribution in [0, 0.1) is 0 Å². The lowest BCUT2D eigenvalue weighted by Crippen LogP contribution is -2.45. The van der Waals surface area contributed by atoms with Crippen molar-refractivity contribution in [1.82, 2.24) is 4.90 Å². The first-order valence-electron chi connectivity index (χ1n) is 6.11. The van der Waals surface area contributed by atoms with Gasteiger partial charge in [0.2, 0.25) is 5.91 Å². The van der Waals surface area contributed by atoms with Crippen LogP contribution in [-0.4, -0.2) is 40.5 Å². The number of amides is 3. The number of nitrogens with two attached hydrogens (primary N) is 1. The molecule has 0 saturated heterocycles. The second-order valence-corrected chi connectivity index (χ2v) is 5.53. The van der Waals surface area contributed by atoms with E-state index in [0.29, 0.717) is 4.47 Å². The van der Waals surface area contributed by atoms with E-state index in [2.05, 4.69) is 21.2 Å². The van der Waals surface area contributed by atoms with Crippen molar-refractivity contribution >= 4 is 39.5 Å². The summed E-state index contributed by atoms with van der Waals surface area (Å²) in [5.74, 6) is -1.81. The highest BCUT2D eigenvalue weighted by molar-refractivity contribution is 9.10. The molecule has 0 saturated carbocycles. The van der Waals surface area contributed by atoms with Crippen LogP contribution >= 0.6 is 15.9 Å². The Morgan fingerprint density at radius 3 is 2.48 bits per heavy atom. The van der Waals surface area contributed by atoms with Gasteiger partial charge in [-0.1, -0.05) is 15.9 Å². The summed E-state index contributed by atoms with van der Waals surface area (Å²) in [6, 6.07) is 3.55. The molecule has 0 bridgehead atoms. The van der Waals surface area contributed by atoms with E-state index in [0.717, 1.165) is 0 Å². The van der Waals surface area contributed by atoms with E-state index in [4.69, 9.17) is 10.8 Å². The molecule has 8 heteroatoms. The van der Waals surface area contributed by atoms with Gasteiger partial charge < -0.3 is 21.1 Å². The van der Waals surface area contributed by atoms with Gasteiger partial charge in [-0.25, -0.2) is 9.59 Å². The molecule has 1 rings (SSSR count). The van der Waals surface area contributed by atoms with E-state index in [1.54, 1.807) is 19.9 Å². The predicted molar refractivity (Wildman–Crippen MR) is 81.2 cm³/mol. The van der Waals surface area contributed by atoms with Gasteiger partial charge in [-0.2, -0.15) is 0 Å². The molecule has 3 amide bonds. The lowest BCUT2D eigenvalue weighted by atomic mass is 10.2. The molecule has 0 unspecified atom stereocenters. The van der Waals surface area contributed by atoms with Crippen LogP contribution in [0.5, 0.6) is 0 Å². The van der Waals surface area contributed by atoms with Gasteiger partial charge >= 0.3 is 12.0 Å². The number of primary amides is 1. The minimum atomic E-state index is -1.16. The van der Waals surface area contributed by atoms with Crippen molar-refractivity contribution in [3.63, 3.8) is 0 Å². The first-order valence-corrected chi connectivity index (χ1v) is 6.90. The van der Waals surface area contributed by atoms with Crippen molar-refractivity contribution in [3.8, 4) is 0 Å². The van der Waals surface area contributed by atoms with E-state index < -0.39 is 17.9 Å². The molecule has 1 aromatic rings. The van der Waals surface area contributed by atoms with Crippen molar-refractivity contribution in [1.29, 1.82) is 0 Å². The van der Waals surface area contributed by atoms with Crippen LogP contribution in [0.4, 0.5) is 10.5 Å². The molecule has 7 nitrogen and oxygen atoms in total. The molecule has 0 heterocycles. The molecule has 0 spiro atoms. The highest BCUT2D eigenvalue weighted by Crippen LogP contribution is 2.22. The number of benzene rings is 1. The topological polar surface area (TPSA) is 113 Å². The SMILES string of the molecule is CC(C)N(CC(N)=O)C(=O)Nc1cc(Br)ccc1C(=O)O. The van der Waals surface area contributed by atoms with Gasteiger partial charge in [-0.3, -0.25) is 4.79 Å². The molecule has 0 atom stereocenters. The van der Waals surface area contributed by atoms with Crippen LogP contribution in [0.3, 0.4) is 0 Å². The Morgan fingerprint density at radius 1 is 1.38 bits per heavy atom. The molecule has 114 valence electrons. The summed E-state index contributed by atoms with van der Waals surface area (Å²) < 4.78 is 0.619. The van der Waals surface area contributed by atoms with Crippen LogP contribution in [0.25, 0.3) is 0 Å². The number of hydrogen-bond donors (Lipinski definition) is 3. The lowest BCUT2D eigenvalue weighted by Gasteiger charge is -2.25. The number of urea groups is 1. The smallest absolute Gasteiger partial charge is 0.337 e. The van der Waals surface area contributed by atoms with Gasteiger partial charge in [0.25, 0.3) is 0 Å². The number of carbonyl (C=O) groups is 3. The number of rotatable bonds is 5. The van der Waals surface area contributed by atoms with Gasteiger partial charge in [-0.15, -0.1) is 0 Å². The molecule has 0 radical (unpaired) electrons. The van der Waals surface area contributed by atoms with E-state index in [1.807, 2.05) is 0 Å². The van der Waals surface area contributed by atoms with Gasteiger partial charge in [0, 0.05) is 10.5 Å². The minimum absolute atomic E-state index is 0.0469. The van der Waals surface area contributed by atoms with Crippen LogP contribution in [0.2, 0.25) is 0 Å². The zero-order chi connectivity index (χ0) is 16.2. The second-order valence-electron chi connectivity index (χ2n) is 4.61. The van der Waals surface area contributed by atoms with Gasteiger partial charge in [0.1, 0.15) is 6.54 Å². The fourth-order valence-electron chi connectivity index (χ4n) is 1.65. The number of nitrogens with zero attached hydrogens (tertiary/aromatic N) is 1. The van der Waals surface area contributed by atoms with Gasteiger partial charge in [0.05, 0.1) is 11.3 Å². The normalized spacial score (nSPS) is 10.3. The summed E-state index contributed by atoms with van der Waals surface area (Å²) in [4.78, 5) is 35.5. The summed E-state index contributed by atoms with van der Waals surface area (Å²) in [6.07, 6.45) is 0. The third-order valence-electron chi connectivity index (χ3n) is 2.66. The van der Waals surface area contributed by atoms with Crippen molar-refractivity contribution in [3.05, 3.63) is 28.2 Å². The van der Waals surface area contributed by atoms with Crippen LogP contribution in [0.1, 0.15) is 24.2 Å². The Hall–Kier alpha value is -2.09. The molecule has 1 aromatic carbocycles. The van der Waals surface area contributed by atoms with Gasteiger partial charge in [0.15, 0.2) is 0 Å². The number of carboxylic acids is 1. The molecular formula is C13H16BrN3O4.